The molecule has 0 aromatic carbocycles. The molecule has 1 aliphatic carbocycles. The van der Waals surface area contributed by atoms with Gasteiger partial charge in [-0.1, -0.05) is 13.8 Å². The maximum Gasteiger partial charge on any atom is 0.271 e. The Labute approximate surface area is 211 Å². The summed E-state index contributed by atoms with van der Waals surface area (Å²) in [5, 5.41) is 3.35. The van der Waals surface area contributed by atoms with Crippen LogP contribution in [0, 0.1) is 5.92 Å². The third-order valence-electron chi connectivity index (χ3n) is 8.09. The molecule has 0 bridgehead atoms. The van der Waals surface area contributed by atoms with Gasteiger partial charge in [0.1, 0.15) is 17.0 Å². The number of nitrogens with one attached hydrogen (secondary N) is 1. The van der Waals surface area contributed by atoms with Crippen molar-refractivity contribution in [3.8, 4) is 0 Å². The first-order chi connectivity index (χ1) is 16.8. The highest BCUT2D eigenvalue weighted by Crippen LogP contribution is 2.38. The molecule has 6 nitrogen and oxygen atoms in total. The lowest BCUT2D eigenvalue weighted by molar-refractivity contribution is -0.135. The summed E-state index contributed by atoms with van der Waals surface area (Å²) >= 11 is 1.74. The number of thiophene rings is 1. The maximum absolute atomic E-state index is 14.0. The van der Waals surface area contributed by atoms with Crippen LogP contribution in [0.1, 0.15) is 80.9 Å². The molecule has 188 valence electrons. The van der Waals surface area contributed by atoms with Gasteiger partial charge in [-0.2, -0.15) is 0 Å². The molecule has 2 atom stereocenters. The third-order valence-corrected chi connectivity index (χ3v) is 9.31. The van der Waals surface area contributed by atoms with Crippen molar-refractivity contribution >= 4 is 33.4 Å². The minimum absolute atomic E-state index is 0.0336. The molecular weight excluding hydrogens is 458 g/mol. The average Bonchev–Trinajstić information content (AvgIpc) is 3.56. The van der Waals surface area contributed by atoms with E-state index in [0.717, 1.165) is 66.8 Å². The maximum atomic E-state index is 14.0. The summed E-state index contributed by atoms with van der Waals surface area (Å²) in [7, 11) is 0. The molecule has 35 heavy (non-hydrogen) atoms. The van der Waals surface area contributed by atoms with Crippen LogP contribution in [0.25, 0.3) is 10.2 Å². The van der Waals surface area contributed by atoms with E-state index >= 15 is 0 Å². The molecule has 1 saturated carbocycles. The predicted molar refractivity (Wildman–Crippen MR) is 140 cm³/mol. The van der Waals surface area contributed by atoms with E-state index in [1.807, 2.05) is 30.0 Å². The fraction of sp³-hybridized carbons (Fsp3) is 0.571. The van der Waals surface area contributed by atoms with E-state index in [2.05, 4.69) is 36.7 Å². The number of amides is 2. The lowest BCUT2D eigenvalue weighted by Crippen LogP contribution is -2.67. The van der Waals surface area contributed by atoms with Gasteiger partial charge in [0.2, 0.25) is 5.91 Å². The van der Waals surface area contributed by atoms with E-state index in [4.69, 9.17) is 4.42 Å². The summed E-state index contributed by atoms with van der Waals surface area (Å²) in [5.74, 6) is 1.53. The van der Waals surface area contributed by atoms with Crippen molar-refractivity contribution in [2.45, 2.75) is 96.8 Å². The Hall–Kier alpha value is -2.54. The SMILES string of the molecule is CCc1cc2c(cc3n2C[C@@](C)(C(=O)NC2CCC(C)CC2)N([C@@H](C)CCc2ccco2)C3=O)s1. The lowest BCUT2D eigenvalue weighted by Gasteiger charge is -2.47. The number of carbonyl (C=O) groups excluding carboxylic acids is 2. The number of aryl methyl sites for hydroxylation is 2. The van der Waals surface area contributed by atoms with E-state index in [1.54, 1.807) is 17.6 Å². The number of aromatic nitrogens is 1. The Morgan fingerprint density at radius 2 is 2.06 bits per heavy atom. The van der Waals surface area contributed by atoms with Gasteiger partial charge in [0.15, 0.2) is 0 Å². The minimum Gasteiger partial charge on any atom is -0.469 e. The summed E-state index contributed by atoms with van der Waals surface area (Å²) in [6, 6.07) is 8.14. The standard InChI is InChI=1S/C28H37N3O3S/c1-5-22-15-23-25(35-22)16-24-26(32)31(19(3)10-13-21-7-6-14-34-21)28(4,17-30(23)24)27(33)29-20-11-8-18(2)9-12-20/h6-7,14-16,18-20H,5,8-13,17H2,1-4H3,(H,29,33)/t18?,19-,20?,28-/m0/s1. The van der Waals surface area contributed by atoms with Gasteiger partial charge in [0.25, 0.3) is 5.91 Å². The molecule has 2 amide bonds. The third kappa shape index (κ3) is 4.44. The Balaban J connectivity index is 1.47. The number of hydrogen-bond acceptors (Lipinski definition) is 4. The van der Waals surface area contributed by atoms with E-state index in [9.17, 15) is 9.59 Å². The first-order valence-corrected chi connectivity index (χ1v) is 13.9. The van der Waals surface area contributed by atoms with E-state index in [0.29, 0.717) is 12.2 Å². The quantitative estimate of drug-likeness (QED) is 0.451. The minimum atomic E-state index is -0.962. The molecule has 1 N–H and O–H groups in total. The van der Waals surface area contributed by atoms with Crippen LogP contribution in [0.3, 0.4) is 0 Å². The highest BCUT2D eigenvalue weighted by Gasteiger charge is 2.50. The molecular formula is C28H37N3O3S. The molecule has 0 unspecified atom stereocenters. The fourth-order valence-electron chi connectivity index (χ4n) is 5.89. The van der Waals surface area contributed by atoms with Gasteiger partial charge in [-0.15, -0.1) is 11.3 Å². The second-order valence-electron chi connectivity index (χ2n) is 10.8. The van der Waals surface area contributed by atoms with Crippen LogP contribution in [-0.2, 0) is 24.2 Å². The van der Waals surface area contributed by atoms with Crippen LogP contribution in [0.15, 0.2) is 34.9 Å². The average molecular weight is 496 g/mol. The van der Waals surface area contributed by atoms with Crippen LogP contribution >= 0.6 is 11.3 Å². The molecule has 1 aliphatic heterocycles. The molecule has 3 aromatic heterocycles. The van der Waals surface area contributed by atoms with Crippen molar-refractivity contribution in [2.75, 3.05) is 0 Å². The highest BCUT2D eigenvalue weighted by atomic mass is 32.1. The van der Waals surface area contributed by atoms with Crippen molar-refractivity contribution < 1.29 is 14.0 Å². The van der Waals surface area contributed by atoms with E-state index in [-0.39, 0.29) is 23.9 Å². The van der Waals surface area contributed by atoms with Gasteiger partial charge in [0.05, 0.1) is 23.0 Å². The molecule has 0 radical (unpaired) electrons. The number of hydrogen-bond donors (Lipinski definition) is 1. The van der Waals surface area contributed by atoms with Gasteiger partial charge in [0, 0.05) is 23.4 Å². The summed E-state index contributed by atoms with van der Waals surface area (Å²) < 4.78 is 8.74. The summed E-state index contributed by atoms with van der Waals surface area (Å²) in [4.78, 5) is 31.1. The van der Waals surface area contributed by atoms with Crippen molar-refractivity contribution in [3.63, 3.8) is 0 Å². The van der Waals surface area contributed by atoms with Crippen molar-refractivity contribution in [1.82, 2.24) is 14.8 Å². The smallest absolute Gasteiger partial charge is 0.271 e. The molecule has 3 aromatic rings. The van der Waals surface area contributed by atoms with Crippen molar-refractivity contribution in [3.05, 3.63) is 46.9 Å². The Morgan fingerprint density at radius 3 is 2.74 bits per heavy atom. The van der Waals surface area contributed by atoms with E-state index in [1.165, 1.54) is 4.88 Å². The Kier molecular flexibility index (Phi) is 6.55. The predicted octanol–water partition coefficient (Wildman–Crippen LogP) is 5.79. The normalized spacial score (nSPS) is 25.6. The molecule has 5 rings (SSSR count). The molecule has 0 saturated heterocycles. The van der Waals surface area contributed by atoms with Crippen molar-refractivity contribution in [1.29, 1.82) is 0 Å². The van der Waals surface area contributed by atoms with E-state index < -0.39 is 5.54 Å². The van der Waals surface area contributed by atoms with Gasteiger partial charge in [-0.05, 0) is 82.6 Å². The van der Waals surface area contributed by atoms with Crippen LogP contribution in [0.4, 0.5) is 0 Å². The summed E-state index contributed by atoms with van der Waals surface area (Å²) in [5.41, 5.74) is 0.801. The first-order valence-electron chi connectivity index (χ1n) is 13.1. The highest BCUT2D eigenvalue weighted by molar-refractivity contribution is 7.19. The molecule has 1 fully saturated rings. The summed E-state index contributed by atoms with van der Waals surface area (Å²) in [6.07, 6.45) is 8.41. The zero-order valence-corrected chi connectivity index (χ0v) is 22.1. The number of fused-ring (bicyclic) bond motifs is 3. The van der Waals surface area contributed by atoms with Crippen LogP contribution in [0.2, 0.25) is 0 Å². The number of carbonyl (C=O) groups is 2. The first kappa shape index (κ1) is 24.2. The summed E-state index contributed by atoms with van der Waals surface area (Å²) in [6.45, 7) is 8.92. The monoisotopic (exact) mass is 495 g/mol. The molecule has 0 spiro atoms. The van der Waals surface area contributed by atoms with Gasteiger partial charge < -0.3 is 19.2 Å². The number of nitrogens with zero attached hydrogens (tertiary/aromatic N) is 2. The molecule has 7 heteroatoms. The number of furan rings is 1. The number of rotatable bonds is 7. The fourth-order valence-corrected chi connectivity index (χ4v) is 6.94. The molecule has 2 aliphatic rings. The van der Waals surface area contributed by atoms with Gasteiger partial charge in [-0.3, -0.25) is 9.59 Å². The van der Waals surface area contributed by atoms with Crippen LogP contribution in [0.5, 0.6) is 0 Å². The zero-order chi connectivity index (χ0) is 24.7. The second-order valence-corrected chi connectivity index (χ2v) is 11.9. The largest absolute Gasteiger partial charge is 0.469 e. The lowest BCUT2D eigenvalue weighted by atomic mass is 9.86. The topological polar surface area (TPSA) is 67.5 Å². The van der Waals surface area contributed by atoms with Gasteiger partial charge in [-0.25, -0.2) is 0 Å². The Bertz CT molecular complexity index is 1200. The van der Waals surface area contributed by atoms with Crippen molar-refractivity contribution in [2.24, 2.45) is 5.92 Å². The Morgan fingerprint density at radius 1 is 1.29 bits per heavy atom. The second kappa shape index (κ2) is 9.49. The van der Waals surface area contributed by atoms with Crippen LogP contribution in [-0.4, -0.2) is 38.9 Å². The zero-order valence-electron chi connectivity index (χ0n) is 21.3. The van der Waals surface area contributed by atoms with Crippen LogP contribution < -0.4 is 5.32 Å². The van der Waals surface area contributed by atoms with Gasteiger partial charge >= 0.3 is 0 Å². The molecule has 4 heterocycles.